The van der Waals surface area contributed by atoms with Crippen molar-refractivity contribution in [2.75, 3.05) is 0 Å². The van der Waals surface area contributed by atoms with E-state index in [0.717, 1.165) is 12.3 Å². The molecule has 0 fully saturated rings. The van der Waals surface area contributed by atoms with Crippen LogP contribution in [-0.4, -0.2) is 29.9 Å². The molecule has 0 unspecified atom stereocenters. The first-order chi connectivity index (χ1) is 10.7. The Hall–Kier alpha value is -1.21. The molecule has 0 N–H and O–H groups in total. The zero-order valence-corrected chi connectivity index (χ0v) is 12.3. The highest BCUT2D eigenvalue weighted by Crippen LogP contribution is 2.62. The normalized spacial score (nSPS) is 15.6. The number of hydrogen-bond donors (Lipinski definition) is 0. The van der Waals surface area contributed by atoms with Gasteiger partial charge in [0, 0.05) is 0 Å². The number of halogens is 13. The van der Waals surface area contributed by atoms with E-state index in [1.54, 1.807) is 0 Å². The van der Waals surface area contributed by atoms with Gasteiger partial charge in [0.2, 0.25) is 0 Å². The minimum atomic E-state index is -7.86. The van der Waals surface area contributed by atoms with E-state index < -0.39 is 40.7 Å². The smallest absolute Gasteiger partial charge is 0.193 e. The van der Waals surface area contributed by atoms with Crippen molar-refractivity contribution in [1.82, 2.24) is 0 Å². The van der Waals surface area contributed by atoms with Crippen LogP contribution in [0.15, 0.2) is 11.4 Å². The van der Waals surface area contributed by atoms with Crippen LogP contribution in [0.5, 0.6) is 0 Å². The highest BCUT2D eigenvalue weighted by atomic mass is 32.1. The topological polar surface area (TPSA) is 0 Å². The maximum absolute atomic E-state index is 13.6. The van der Waals surface area contributed by atoms with Crippen molar-refractivity contribution in [2.45, 2.75) is 42.7 Å². The summed E-state index contributed by atoms with van der Waals surface area (Å²) < 4.78 is 167. The molecule has 0 aromatic carbocycles. The standard InChI is InChI=1S/C11H5F13S/c1-4-2-5(25-3-4)6(12,13)7(14,15)8(16,17)9(18,19)10(20,21)11(22,23)24/h2-3H,1H3. The summed E-state index contributed by atoms with van der Waals surface area (Å²) in [6.07, 6.45) is -7.40. The molecule has 0 spiro atoms. The zero-order chi connectivity index (χ0) is 20.3. The number of alkyl halides is 13. The van der Waals surface area contributed by atoms with Crippen LogP contribution in [0.4, 0.5) is 57.1 Å². The lowest BCUT2D eigenvalue weighted by Crippen LogP contribution is -2.69. The summed E-state index contributed by atoms with van der Waals surface area (Å²) in [6.45, 7) is 1.03. The Kier molecular flexibility index (Phi) is 4.93. The second-order valence-corrected chi connectivity index (χ2v) is 5.77. The molecule has 14 heteroatoms. The van der Waals surface area contributed by atoms with Crippen LogP contribution in [-0.2, 0) is 5.92 Å². The summed E-state index contributed by atoms with van der Waals surface area (Å²) in [5.74, 6) is -36.7. The SMILES string of the molecule is Cc1csc(C(F)(F)C(F)(F)C(F)(F)C(F)(F)C(F)(F)C(F)(F)F)c1. The minimum absolute atomic E-state index is 0.175. The van der Waals surface area contributed by atoms with Gasteiger partial charge in [0.15, 0.2) is 0 Å². The summed E-state index contributed by atoms with van der Waals surface area (Å²) in [7, 11) is 0. The Bertz CT molecular complexity index is 624. The molecule has 0 saturated carbocycles. The van der Waals surface area contributed by atoms with Crippen LogP contribution in [0.1, 0.15) is 10.4 Å². The number of rotatable bonds is 5. The predicted octanol–water partition coefficient (Wildman–Crippen LogP) is 6.25. The number of aryl methyl sites for hydroxylation is 1. The van der Waals surface area contributed by atoms with E-state index in [1.807, 2.05) is 0 Å². The van der Waals surface area contributed by atoms with E-state index >= 15 is 0 Å². The predicted molar refractivity (Wildman–Crippen MR) is 58.8 cm³/mol. The highest BCUT2D eigenvalue weighted by Gasteiger charge is 2.91. The van der Waals surface area contributed by atoms with Gasteiger partial charge >= 0.3 is 35.8 Å². The van der Waals surface area contributed by atoms with Crippen molar-refractivity contribution in [3.63, 3.8) is 0 Å². The van der Waals surface area contributed by atoms with Crippen LogP contribution >= 0.6 is 11.3 Å². The Morgan fingerprint density at radius 1 is 0.640 bits per heavy atom. The lowest BCUT2D eigenvalue weighted by atomic mass is 9.93. The van der Waals surface area contributed by atoms with Crippen LogP contribution < -0.4 is 0 Å². The van der Waals surface area contributed by atoms with Gasteiger partial charge in [-0.2, -0.15) is 57.1 Å². The molecule has 0 atom stereocenters. The van der Waals surface area contributed by atoms with Gasteiger partial charge in [-0.25, -0.2) is 0 Å². The van der Waals surface area contributed by atoms with Gasteiger partial charge in [-0.05, 0) is 23.9 Å². The molecule has 0 bridgehead atoms. The highest BCUT2D eigenvalue weighted by molar-refractivity contribution is 7.10. The first-order valence-corrected chi connectivity index (χ1v) is 6.64. The summed E-state index contributed by atoms with van der Waals surface area (Å²) in [5, 5.41) is 0.722. The van der Waals surface area contributed by atoms with Crippen LogP contribution in [0.25, 0.3) is 0 Å². The van der Waals surface area contributed by atoms with Gasteiger partial charge in [-0.15, -0.1) is 11.3 Å². The molecule has 0 aliphatic heterocycles. The average molecular weight is 416 g/mol. The third-order valence-electron chi connectivity index (χ3n) is 2.97. The molecule has 0 nitrogen and oxygen atoms in total. The van der Waals surface area contributed by atoms with Crippen molar-refractivity contribution in [3.8, 4) is 0 Å². The largest absolute Gasteiger partial charge is 0.460 e. The molecule has 0 amide bonds. The first kappa shape index (κ1) is 21.8. The van der Waals surface area contributed by atoms with E-state index in [0.29, 0.717) is 0 Å². The fourth-order valence-electron chi connectivity index (χ4n) is 1.52. The lowest BCUT2D eigenvalue weighted by Gasteiger charge is -2.39. The van der Waals surface area contributed by atoms with E-state index in [-0.39, 0.29) is 23.0 Å². The van der Waals surface area contributed by atoms with Gasteiger partial charge in [0.25, 0.3) is 0 Å². The minimum Gasteiger partial charge on any atom is -0.193 e. The van der Waals surface area contributed by atoms with Crippen molar-refractivity contribution in [2.24, 2.45) is 0 Å². The van der Waals surface area contributed by atoms with Crippen molar-refractivity contribution >= 4 is 11.3 Å². The molecule has 1 aromatic heterocycles. The van der Waals surface area contributed by atoms with Crippen LogP contribution in [0.2, 0.25) is 0 Å². The van der Waals surface area contributed by atoms with E-state index in [2.05, 4.69) is 0 Å². The van der Waals surface area contributed by atoms with Gasteiger partial charge < -0.3 is 0 Å². The third kappa shape index (κ3) is 2.85. The Balaban J connectivity index is 3.53. The van der Waals surface area contributed by atoms with E-state index in [1.165, 1.54) is 0 Å². The Morgan fingerprint density at radius 3 is 1.36 bits per heavy atom. The second-order valence-electron chi connectivity index (χ2n) is 4.86. The fourth-order valence-corrected chi connectivity index (χ4v) is 2.43. The summed E-state index contributed by atoms with van der Waals surface area (Å²) in [5.41, 5.74) is -0.189. The molecule has 25 heavy (non-hydrogen) atoms. The van der Waals surface area contributed by atoms with Gasteiger partial charge in [-0.1, -0.05) is 0 Å². The Labute approximate surface area is 134 Å². The maximum Gasteiger partial charge on any atom is 0.460 e. The van der Waals surface area contributed by atoms with Crippen LogP contribution in [0.3, 0.4) is 0 Å². The summed E-state index contributed by atoms with van der Waals surface area (Å²) >= 11 is -0.295. The number of hydrogen-bond acceptors (Lipinski definition) is 1. The molecule has 0 aliphatic rings. The molecule has 146 valence electrons. The zero-order valence-electron chi connectivity index (χ0n) is 11.5. The fraction of sp³-hybridized carbons (Fsp3) is 0.636. The molecule has 1 aromatic rings. The summed E-state index contributed by atoms with van der Waals surface area (Å²) in [4.78, 5) is -1.92. The van der Waals surface area contributed by atoms with Gasteiger partial charge in [0.1, 0.15) is 0 Å². The third-order valence-corrected chi connectivity index (χ3v) is 4.09. The first-order valence-electron chi connectivity index (χ1n) is 5.76. The average Bonchev–Trinajstić information content (AvgIpc) is 2.83. The quantitative estimate of drug-likeness (QED) is 0.498. The molecule has 0 aliphatic carbocycles. The van der Waals surface area contributed by atoms with Crippen LogP contribution in [0, 0.1) is 6.92 Å². The molecule has 0 radical (unpaired) electrons. The van der Waals surface area contributed by atoms with Gasteiger partial charge in [0.05, 0.1) is 4.88 Å². The Morgan fingerprint density at radius 2 is 1.04 bits per heavy atom. The van der Waals surface area contributed by atoms with Crippen molar-refractivity contribution in [3.05, 3.63) is 21.9 Å². The molecule has 1 heterocycles. The maximum atomic E-state index is 13.6. The molecule has 1 rings (SSSR count). The summed E-state index contributed by atoms with van der Waals surface area (Å²) in [6, 6.07) is 0.175. The van der Waals surface area contributed by atoms with Crippen molar-refractivity contribution < 1.29 is 57.1 Å². The molecule has 0 saturated heterocycles. The second kappa shape index (κ2) is 5.64. The van der Waals surface area contributed by atoms with E-state index in [9.17, 15) is 57.1 Å². The monoisotopic (exact) mass is 416 g/mol. The van der Waals surface area contributed by atoms with E-state index in [4.69, 9.17) is 0 Å². The van der Waals surface area contributed by atoms with Gasteiger partial charge in [-0.3, -0.25) is 0 Å². The molecular formula is C11H5F13S. The molecular weight excluding hydrogens is 411 g/mol. The van der Waals surface area contributed by atoms with Crippen molar-refractivity contribution in [1.29, 1.82) is 0 Å². The number of thiophene rings is 1. The lowest BCUT2D eigenvalue weighted by molar-refractivity contribution is -0.441.